The van der Waals surface area contributed by atoms with Crippen molar-refractivity contribution < 1.29 is 4.74 Å². The van der Waals surface area contributed by atoms with Gasteiger partial charge in [0.1, 0.15) is 12.4 Å². The van der Waals surface area contributed by atoms with E-state index in [1.54, 1.807) is 4.68 Å². The molecule has 0 bridgehead atoms. The standard InChI is InChI=1S/C14H21N5O/c1-3-9-15-12(2)14-16-17-18-19(14)10-11-20-13-7-5-4-6-8-13/h4-8,12,15H,3,9-11H2,1-2H3. The van der Waals surface area contributed by atoms with Crippen LogP contribution in [0.1, 0.15) is 32.1 Å². The third kappa shape index (κ3) is 4.03. The molecule has 2 rings (SSSR count). The molecule has 1 atom stereocenters. The van der Waals surface area contributed by atoms with Crippen molar-refractivity contribution in [2.24, 2.45) is 0 Å². The first-order valence-electron chi connectivity index (χ1n) is 6.98. The van der Waals surface area contributed by atoms with Gasteiger partial charge in [0.2, 0.25) is 0 Å². The smallest absolute Gasteiger partial charge is 0.168 e. The summed E-state index contributed by atoms with van der Waals surface area (Å²) in [6, 6.07) is 9.88. The van der Waals surface area contributed by atoms with Crippen molar-refractivity contribution in [3.63, 3.8) is 0 Å². The quantitative estimate of drug-likeness (QED) is 0.796. The molecule has 1 unspecified atom stereocenters. The predicted octanol–water partition coefficient (Wildman–Crippen LogP) is 1.81. The van der Waals surface area contributed by atoms with Gasteiger partial charge in [-0.3, -0.25) is 0 Å². The number of nitrogens with zero attached hydrogens (tertiary/aromatic N) is 4. The van der Waals surface area contributed by atoms with Crippen molar-refractivity contribution in [1.82, 2.24) is 25.5 Å². The molecule has 2 aromatic rings. The number of rotatable bonds is 8. The van der Waals surface area contributed by atoms with E-state index in [-0.39, 0.29) is 6.04 Å². The number of para-hydroxylation sites is 1. The second-order valence-corrected chi connectivity index (χ2v) is 4.60. The topological polar surface area (TPSA) is 64.9 Å². The van der Waals surface area contributed by atoms with Crippen LogP contribution in [0.3, 0.4) is 0 Å². The highest BCUT2D eigenvalue weighted by molar-refractivity contribution is 5.20. The fourth-order valence-electron chi connectivity index (χ4n) is 1.90. The summed E-state index contributed by atoms with van der Waals surface area (Å²) in [7, 11) is 0. The Hall–Kier alpha value is -1.95. The molecule has 1 heterocycles. The molecule has 1 aromatic carbocycles. The monoisotopic (exact) mass is 275 g/mol. The minimum atomic E-state index is 0.140. The van der Waals surface area contributed by atoms with E-state index in [1.807, 2.05) is 30.3 Å². The number of tetrazole rings is 1. The third-order valence-corrected chi connectivity index (χ3v) is 2.96. The van der Waals surface area contributed by atoms with Crippen molar-refractivity contribution in [3.8, 4) is 5.75 Å². The molecular formula is C14H21N5O. The Morgan fingerprint density at radius 1 is 1.30 bits per heavy atom. The van der Waals surface area contributed by atoms with Crippen LogP contribution in [-0.2, 0) is 6.54 Å². The third-order valence-electron chi connectivity index (χ3n) is 2.96. The second-order valence-electron chi connectivity index (χ2n) is 4.60. The summed E-state index contributed by atoms with van der Waals surface area (Å²) in [6.07, 6.45) is 1.09. The lowest BCUT2D eigenvalue weighted by Crippen LogP contribution is -2.24. The Bertz CT molecular complexity index is 499. The van der Waals surface area contributed by atoms with Crippen molar-refractivity contribution in [2.45, 2.75) is 32.9 Å². The van der Waals surface area contributed by atoms with Gasteiger partial charge >= 0.3 is 0 Å². The van der Waals surface area contributed by atoms with Gasteiger partial charge in [-0.25, -0.2) is 4.68 Å². The zero-order chi connectivity index (χ0) is 14.2. The van der Waals surface area contributed by atoms with E-state index in [1.165, 1.54) is 0 Å². The highest BCUT2D eigenvalue weighted by atomic mass is 16.5. The Labute approximate surface area is 119 Å². The average molecular weight is 275 g/mol. The van der Waals surface area contributed by atoms with Crippen LogP contribution in [0.15, 0.2) is 30.3 Å². The second kappa shape index (κ2) is 7.59. The maximum Gasteiger partial charge on any atom is 0.168 e. The van der Waals surface area contributed by atoms with E-state index in [0.29, 0.717) is 13.2 Å². The fourth-order valence-corrected chi connectivity index (χ4v) is 1.90. The average Bonchev–Trinajstić information content (AvgIpc) is 2.94. The minimum absolute atomic E-state index is 0.140. The van der Waals surface area contributed by atoms with Gasteiger partial charge in [0, 0.05) is 0 Å². The Kier molecular flexibility index (Phi) is 5.49. The summed E-state index contributed by atoms with van der Waals surface area (Å²) in [5, 5.41) is 15.2. The normalized spacial score (nSPS) is 12.3. The lowest BCUT2D eigenvalue weighted by molar-refractivity contribution is 0.285. The zero-order valence-corrected chi connectivity index (χ0v) is 12.0. The maximum absolute atomic E-state index is 5.66. The highest BCUT2D eigenvalue weighted by Crippen LogP contribution is 2.10. The van der Waals surface area contributed by atoms with Crippen molar-refractivity contribution in [3.05, 3.63) is 36.2 Å². The number of benzene rings is 1. The number of hydrogen-bond donors (Lipinski definition) is 1. The van der Waals surface area contributed by atoms with Crippen molar-refractivity contribution in [2.75, 3.05) is 13.2 Å². The van der Waals surface area contributed by atoms with Crippen LogP contribution in [0, 0.1) is 0 Å². The van der Waals surface area contributed by atoms with Crippen LogP contribution in [-0.4, -0.2) is 33.4 Å². The lowest BCUT2D eigenvalue weighted by Gasteiger charge is -2.13. The molecule has 1 aromatic heterocycles. The highest BCUT2D eigenvalue weighted by Gasteiger charge is 2.13. The summed E-state index contributed by atoms with van der Waals surface area (Å²) < 4.78 is 7.45. The Morgan fingerprint density at radius 3 is 2.85 bits per heavy atom. The van der Waals surface area contributed by atoms with Crippen molar-refractivity contribution >= 4 is 0 Å². The first-order valence-corrected chi connectivity index (χ1v) is 6.98. The molecule has 0 amide bonds. The first kappa shape index (κ1) is 14.5. The lowest BCUT2D eigenvalue weighted by atomic mass is 10.3. The largest absolute Gasteiger partial charge is 0.492 e. The molecule has 6 heteroatoms. The summed E-state index contributed by atoms with van der Waals surface area (Å²) >= 11 is 0. The molecule has 108 valence electrons. The van der Waals surface area contributed by atoms with Gasteiger partial charge in [0.05, 0.1) is 12.6 Å². The van der Waals surface area contributed by atoms with Crippen LogP contribution < -0.4 is 10.1 Å². The minimum Gasteiger partial charge on any atom is -0.492 e. The molecule has 0 aliphatic carbocycles. The van der Waals surface area contributed by atoms with Crippen LogP contribution in [0.5, 0.6) is 5.75 Å². The van der Waals surface area contributed by atoms with Gasteiger partial charge in [0.25, 0.3) is 0 Å². The van der Waals surface area contributed by atoms with Crippen LogP contribution in [0.25, 0.3) is 0 Å². The summed E-state index contributed by atoms with van der Waals surface area (Å²) in [5.41, 5.74) is 0. The summed E-state index contributed by atoms with van der Waals surface area (Å²) in [6.45, 7) is 6.33. The molecule has 0 saturated carbocycles. The van der Waals surface area contributed by atoms with E-state index in [0.717, 1.165) is 24.5 Å². The number of hydrogen-bond acceptors (Lipinski definition) is 5. The number of nitrogens with one attached hydrogen (secondary N) is 1. The maximum atomic E-state index is 5.66. The van der Waals surface area contributed by atoms with E-state index in [9.17, 15) is 0 Å². The number of aromatic nitrogens is 4. The van der Waals surface area contributed by atoms with E-state index < -0.39 is 0 Å². The molecule has 20 heavy (non-hydrogen) atoms. The SMILES string of the molecule is CCCNC(C)c1nnnn1CCOc1ccccc1. The predicted molar refractivity (Wildman–Crippen MR) is 76.5 cm³/mol. The van der Waals surface area contributed by atoms with Gasteiger partial charge < -0.3 is 10.1 Å². The van der Waals surface area contributed by atoms with Crippen LogP contribution in [0.4, 0.5) is 0 Å². The van der Waals surface area contributed by atoms with Gasteiger partial charge in [-0.15, -0.1) is 5.10 Å². The Morgan fingerprint density at radius 2 is 2.10 bits per heavy atom. The van der Waals surface area contributed by atoms with E-state index in [2.05, 4.69) is 34.7 Å². The van der Waals surface area contributed by atoms with Crippen LogP contribution in [0.2, 0.25) is 0 Å². The van der Waals surface area contributed by atoms with Gasteiger partial charge in [-0.2, -0.15) is 0 Å². The molecule has 0 spiro atoms. The molecular weight excluding hydrogens is 254 g/mol. The summed E-state index contributed by atoms with van der Waals surface area (Å²) in [5.74, 6) is 1.70. The van der Waals surface area contributed by atoms with Crippen molar-refractivity contribution in [1.29, 1.82) is 0 Å². The van der Waals surface area contributed by atoms with Gasteiger partial charge in [-0.05, 0) is 42.4 Å². The van der Waals surface area contributed by atoms with Crippen LogP contribution >= 0.6 is 0 Å². The zero-order valence-electron chi connectivity index (χ0n) is 12.0. The van der Waals surface area contributed by atoms with E-state index >= 15 is 0 Å². The molecule has 0 radical (unpaired) electrons. The Balaban J connectivity index is 1.85. The fraction of sp³-hybridized carbons (Fsp3) is 0.500. The molecule has 0 aliphatic rings. The number of ether oxygens (including phenoxy) is 1. The molecule has 0 aliphatic heterocycles. The molecule has 0 fully saturated rings. The molecule has 0 saturated heterocycles. The van der Waals surface area contributed by atoms with Gasteiger partial charge in [0.15, 0.2) is 5.82 Å². The van der Waals surface area contributed by atoms with Gasteiger partial charge in [-0.1, -0.05) is 25.1 Å². The summed E-state index contributed by atoms with van der Waals surface area (Å²) in [4.78, 5) is 0. The first-order chi connectivity index (χ1) is 9.81. The van der Waals surface area contributed by atoms with E-state index in [4.69, 9.17) is 4.74 Å². The molecule has 1 N–H and O–H groups in total. The molecule has 6 nitrogen and oxygen atoms in total.